The van der Waals surface area contributed by atoms with Gasteiger partial charge in [0.2, 0.25) is 5.96 Å². The quantitative estimate of drug-likeness (QED) is 0.314. The molecule has 98 valence electrons. The molecule has 0 unspecified atom stereocenters. The first-order chi connectivity index (χ1) is 7.91. The number of hydrogen-bond acceptors (Lipinski definition) is 4. The number of carboxylic acid groups (broad SMARTS) is 1. The minimum absolute atomic E-state index is 0. The van der Waals surface area contributed by atoms with Crippen LogP contribution in [-0.2, 0) is 0 Å². The number of phenols is 1. The number of halogens is 1. The topological polar surface area (TPSA) is 132 Å². The van der Waals surface area contributed by atoms with E-state index in [4.69, 9.17) is 16.2 Å². The van der Waals surface area contributed by atoms with Gasteiger partial charge in [-0.15, -0.1) is 12.4 Å². The van der Waals surface area contributed by atoms with E-state index in [2.05, 4.69) is 10.5 Å². The Bertz CT molecular complexity index is 502. The van der Waals surface area contributed by atoms with Crippen LogP contribution in [0.25, 0.3) is 0 Å². The molecule has 0 aromatic heterocycles. The first-order valence-electron chi connectivity index (χ1n) is 4.63. The van der Waals surface area contributed by atoms with Crippen LogP contribution in [0.5, 0.6) is 5.75 Å². The molecule has 8 heteroatoms. The minimum Gasteiger partial charge on any atom is -0.507 e. The van der Waals surface area contributed by atoms with Gasteiger partial charge in [0, 0.05) is 0 Å². The lowest BCUT2D eigenvalue weighted by molar-refractivity contribution is 0.0693. The lowest BCUT2D eigenvalue weighted by Crippen LogP contribution is -2.26. The van der Waals surface area contributed by atoms with Crippen molar-refractivity contribution in [1.29, 1.82) is 5.41 Å². The Balaban J connectivity index is 0.00000289. The molecule has 1 aromatic rings. The van der Waals surface area contributed by atoms with Gasteiger partial charge < -0.3 is 15.9 Å². The number of rotatable bonds is 3. The molecule has 7 nitrogen and oxygen atoms in total. The average molecular weight is 273 g/mol. The molecular weight excluding hydrogens is 260 g/mol. The van der Waals surface area contributed by atoms with Crippen LogP contribution in [0, 0.1) is 5.41 Å². The number of nitrogens with zero attached hydrogens (tertiary/aromatic N) is 1. The highest BCUT2D eigenvalue weighted by molar-refractivity contribution is 6.02. The van der Waals surface area contributed by atoms with E-state index >= 15 is 0 Å². The van der Waals surface area contributed by atoms with Gasteiger partial charge in [0.05, 0.1) is 5.71 Å². The van der Waals surface area contributed by atoms with Crippen LogP contribution in [0.15, 0.2) is 23.3 Å². The van der Waals surface area contributed by atoms with E-state index in [0.717, 1.165) is 0 Å². The van der Waals surface area contributed by atoms with Gasteiger partial charge in [-0.25, -0.2) is 10.2 Å². The Morgan fingerprint density at radius 1 is 1.50 bits per heavy atom. The first-order valence-corrected chi connectivity index (χ1v) is 4.63. The Morgan fingerprint density at radius 2 is 2.11 bits per heavy atom. The fourth-order valence-corrected chi connectivity index (χ4v) is 1.14. The van der Waals surface area contributed by atoms with E-state index in [0.29, 0.717) is 11.3 Å². The van der Waals surface area contributed by atoms with Gasteiger partial charge >= 0.3 is 5.97 Å². The van der Waals surface area contributed by atoms with Crippen molar-refractivity contribution in [1.82, 2.24) is 5.43 Å². The van der Waals surface area contributed by atoms with Gasteiger partial charge in [-0.05, 0) is 30.7 Å². The molecule has 0 fully saturated rings. The van der Waals surface area contributed by atoms with Crippen LogP contribution < -0.4 is 11.2 Å². The van der Waals surface area contributed by atoms with Gasteiger partial charge in [0.1, 0.15) is 11.3 Å². The van der Waals surface area contributed by atoms with E-state index in [1.54, 1.807) is 6.92 Å². The number of hydrazone groups is 1. The molecule has 0 atom stereocenters. The van der Waals surface area contributed by atoms with Gasteiger partial charge in [-0.2, -0.15) is 5.10 Å². The molecule has 0 bridgehead atoms. The zero-order valence-corrected chi connectivity index (χ0v) is 10.3. The van der Waals surface area contributed by atoms with Gasteiger partial charge in [-0.1, -0.05) is 0 Å². The molecule has 0 aliphatic carbocycles. The molecule has 0 saturated carbocycles. The molecule has 0 aliphatic heterocycles. The monoisotopic (exact) mass is 272 g/mol. The van der Waals surface area contributed by atoms with Crippen LogP contribution in [0.1, 0.15) is 22.8 Å². The average Bonchev–Trinajstić information content (AvgIpc) is 2.26. The summed E-state index contributed by atoms with van der Waals surface area (Å²) in [6.07, 6.45) is 0. The number of guanidine groups is 1. The molecule has 0 spiro atoms. The zero-order valence-electron chi connectivity index (χ0n) is 9.47. The summed E-state index contributed by atoms with van der Waals surface area (Å²) < 4.78 is 0. The second-order valence-electron chi connectivity index (χ2n) is 3.26. The van der Waals surface area contributed by atoms with Crippen LogP contribution in [0.4, 0.5) is 0 Å². The predicted octanol–water partition coefficient (Wildman–Crippen LogP) is 0.719. The maximum Gasteiger partial charge on any atom is 0.339 e. The van der Waals surface area contributed by atoms with Gasteiger partial charge in [-0.3, -0.25) is 5.41 Å². The summed E-state index contributed by atoms with van der Waals surface area (Å²) >= 11 is 0. The standard InChI is InChI=1S/C10H12N4O3.ClH/c1-5(13-14-10(11)12)6-2-3-8(15)7(4-6)9(16)17;/h2-4,15H,1H3,(H,16,17)(H4,11,12,14);1H/b13-5+;. The van der Waals surface area contributed by atoms with E-state index in [-0.39, 0.29) is 29.7 Å². The normalized spacial score (nSPS) is 10.4. The SMILES string of the molecule is C/C(=N\NC(=N)N)c1ccc(O)c(C(=O)O)c1.Cl. The smallest absolute Gasteiger partial charge is 0.339 e. The number of aromatic hydroxyl groups is 1. The maximum absolute atomic E-state index is 10.8. The van der Waals surface area contributed by atoms with E-state index in [9.17, 15) is 9.90 Å². The summed E-state index contributed by atoms with van der Waals surface area (Å²) in [4.78, 5) is 10.8. The van der Waals surface area contributed by atoms with Crippen molar-refractivity contribution in [3.63, 3.8) is 0 Å². The number of benzene rings is 1. The number of nitrogens with two attached hydrogens (primary N) is 1. The third kappa shape index (κ3) is 3.95. The van der Waals surface area contributed by atoms with Crippen molar-refractivity contribution in [3.8, 4) is 5.75 Å². The summed E-state index contributed by atoms with van der Waals surface area (Å²) in [5.74, 6) is -1.85. The second-order valence-corrected chi connectivity index (χ2v) is 3.26. The lowest BCUT2D eigenvalue weighted by Gasteiger charge is -2.04. The number of carboxylic acids is 1. The van der Waals surface area contributed by atoms with Crippen molar-refractivity contribution in [3.05, 3.63) is 29.3 Å². The molecule has 0 radical (unpaired) electrons. The largest absolute Gasteiger partial charge is 0.507 e. The zero-order chi connectivity index (χ0) is 13.0. The van der Waals surface area contributed by atoms with Crippen molar-refractivity contribution in [2.45, 2.75) is 6.92 Å². The van der Waals surface area contributed by atoms with E-state index < -0.39 is 5.97 Å². The summed E-state index contributed by atoms with van der Waals surface area (Å²) in [7, 11) is 0. The molecule has 18 heavy (non-hydrogen) atoms. The van der Waals surface area contributed by atoms with Gasteiger partial charge in [0.25, 0.3) is 0 Å². The third-order valence-corrected chi connectivity index (χ3v) is 1.99. The number of aromatic carboxylic acids is 1. The molecule has 1 aromatic carbocycles. The Kier molecular flexibility index (Phi) is 5.64. The van der Waals surface area contributed by atoms with E-state index in [1.165, 1.54) is 18.2 Å². The highest BCUT2D eigenvalue weighted by Gasteiger charge is 2.11. The Morgan fingerprint density at radius 3 is 2.61 bits per heavy atom. The van der Waals surface area contributed by atoms with Crippen LogP contribution in [0.3, 0.4) is 0 Å². The number of nitrogens with one attached hydrogen (secondary N) is 2. The van der Waals surface area contributed by atoms with Crippen molar-refractivity contribution >= 4 is 30.0 Å². The van der Waals surface area contributed by atoms with Crippen molar-refractivity contribution in [2.24, 2.45) is 10.8 Å². The summed E-state index contributed by atoms with van der Waals surface area (Å²) in [6.45, 7) is 1.62. The molecule has 0 saturated heterocycles. The summed E-state index contributed by atoms with van der Waals surface area (Å²) in [6, 6.07) is 4.08. The highest BCUT2D eigenvalue weighted by Crippen LogP contribution is 2.18. The van der Waals surface area contributed by atoms with Crippen LogP contribution in [0.2, 0.25) is 0 Å². The minimum atomic E-state index is -1.23. The summed E-state index contributed by atoms with van der Waals surface area (Å²) in [5, 5.41) is 28.8. The Hall–Kier alpha value is -2.28. The fraction of sp³-hybridized carbons (Fsp3) is 0.100. The molecular formula is C10H13ClN4O3. The number of carbonyl (C=O) groups is 1. The molecule has 6 N–H and O–H groups in total. The van der Waals surface area contributed by atoms with Gasteiger partial charge in [0.15, 0.2) is 0 Å². The molecule has 0 heterocycles. The lowest BCUT2D eigenvalue weighted by atomic mass is 10.1. The molecule has 1 rings (SSSR count). The van der Waals surface area contributed by atoms with Crippen molar-refractivity contribution in [2.75, 3.05) is 0 Å². The van der Waals surface area contributed by atoms with E-state index in [1.807, 2.05) is 0 Å². The molecule has 0 amide bonds. The predicted molar refractivity (Wildman–Crippen MR) is 69.6 cm³/mol. The summed E-state index contributed by atoms with van der Waals surface area (Å²) in [5.41, 5.74) is 8.05. The first kappa shape index (κ1) is 15.7. The second kappa shape index (κ2) is 6.45. The fourth-order valence-electron chi connectivity index (χ4n) is 1.14. The Labute approximate surface area is 109 Å². The number of hydrogen-bond donors (Lipinski definition) is 5. The maximum atomic E-state index is 10.8. The van der Waals surface area contributed by atoms with Crippen molar-refractivity contribution < 1.29 is 15.0 Å². The highest BCUT2D eigenvalue weighted by atomic mass is 35.5. The third-order valence-electron chi connectivity index (χ3n) is 1.99. The van der Waals surface area contributed by atoms with Crippen LogP contribution >= 0.6 is 12.4 Å². The molecule has 0 aliphatic rings. The van der Waals surface area contributed by atoms with Crippen LogP contribution in [-0.4, -0.2) is 27.9 Å².